The van der Waals surface area contributed by atoms with Crippen LogP contribution in [0.2, 0.25) is 0 Å². The fraction of sp³-hybridized carbons (Fsp3) is 0.125. The fourth-order valence-electron chi connectivity index (χ4n) is 2.26. The van der Waals surface area contributed by atoms with Gasteiger partial charge >= 0.3 is 0 Å². The summed E-state index contributed by atoms with van der Waals surface area (Å²) in [5, 5.41) is 3.50. The van der Waals surface area contributed by atoms with Crippen molar-refractivity contribution in [3.05, 3.63) is 61.9 Å². The Morgan fingerprint density at radius 1 is 1.10 bits per heavy atom. The molecule has 21 heavy (non-hydrogen) atoms. The first kappa shape index (κ1) is 15.5. The van der Waals surface area contributed by atoms with E-state index >= 15 is 0 Å². The van der Waals surface area contributed by atoms with E-state index in [0.717, 1.165) is 14.7 Å². The molecule has 3 aromatic rings. The van der Waals surface area contributed by atoms with Crippen LogP contribution < -0.4 is 4.74 Å². The summed E-state index contributed by atoms with van der Waals surface area (Å²) >= 11 is 12.8. The van der Waals surface area contributed by atoms with Crippen molar-refractivity contribution < 1.29 is 4.74 Å². The van der Waals surface area contributed by atoms with Crippen LogP contribution in [-0.4, -0.2) is 7.11 Å². The number of hydrogen-bond acceptors (Lipinski definition) is 2. The second-order valence-electron chi connectivity index (χ2n) is 4.56. The molecule has 0 aliphatic carbocycles. The second-order valence-corrected chi connectivity index (χ2v) is 8.07. The van der Waals surface area contributed by atoms with Gasteiger partial charge < -0.3 is 4.74 Å². The Morgan fingerprint density at radius 3 is 2.62 bits per heavy atom. The highest BCUT2D eigenvalue weighted by atomic mass is 79.9. The summed E-state index contributed by atoms with van der Waals surface area (Å²) in [7, 11) is 1.68. The number of alkyl halides is 1. The van der Waals surface area contributed by atoms with Gasteiger partial charge in [0.2, 0.25) is 0 Å². The van der Waals surface area contributed by atoms with Gasteiger partial charge in [0, 0.05) is 9.17 Å². The second kappa shape index (κ2) is 6.41. The molecule has 0 spiro atoms. The van der Waals surface area contributed by atoms with E-state index in [1.807, 2.05) is 6.07 Å². The standard InChI is InChI=1S/C16H11Br3OS/c1-20-14-6-5-9(7-13(14)18)15(19)11-8-21-16-10(11)3-2-4-12(16)17/h2-8,15H,1H3. The molecule has 108 valence electrons. The third kappa shape index (κ3) is 2.93. The van der Waals surface area contributed by atoms with E-state index in [1.165, 1.54) is 21.2 Å². The normalized spacial score (nSPS) is 12.6. The van der Waals surface area contributed by atoms with Crippen LogP contribution in [0.25, 0.3) is 10.1 Å². The van der Waals surface area contributed by atoms with Gasteiger partial charge in [0.05, 0.1) is 16.4 Å². The molecule has 1 nitrogen and oxygen atoms in total. The van der Waals surface area contributed by atoms with Crippen molar-refractivity contribution in [2.24, 2.45) is 0 Å². The Balaban J connectivity index is 2.06. The van der Waals surface area contributed by atoms with Gasteiger partial charge in [-0.05, 0) is 72.0 Å². The Kier molecular flexibility index (Phi) is 4.74. The van der Waals surface area contributed by atoms with Gasteiger partial charge in [-0.1, -0.05) is 34.1 Å². The molecule has 0 fully saturated rings. The van der Waals surface area contributed by atoms with Crippen LogP contribution in [0.5, 0.6) is 5.75 Å². The summed E-state index contributed by atoms with van der Waals surface area (Å²) in [6.07, 6.45) is 0. The highest BCUT2D eigenvalue weighted by Gasteiger charge is 2.17. The van der Waals surface area contributed by atoms with Crippen molar-refractivity contribution in [1.82, 2.24) is 0 Å². The van der Waals surface area contributed by atoms with Gasteiger partial charge in [-0.15, -0.1) is 11.3 Å². The van der Waals surface area contributed by atoms with Crippen molar-refractivity contribution in [3.8, 4) is 5.75 Å². The highest BCUT2D eigenvalue weighted by molar-refractivity contribution is 9.11. The number of ether oxygens (including phenoxy) is 1. The maximum atomic E-state index is 5.29. The summed E-state index contributed by atoms with van der Waals surface area (Å²) in [5.41, 5.74) is 2.48. The lowest BCUT2D eigenvalue weighted by Crippen LogP contribution is -1.93. The first-order valence-electron chi connectivity index (χ1n) is 6.25. The maximum Gasteiger partial charge on any atom is 0.133 e. The average molecular weight is 491 g/mol. The Bertz CT molecular complexity index is 797. The molecular weight excluding hydrogens is 480 g/mol. The number of benzene rings is 2. The summed E-state index contributed by atoms with van der Waals surface area (Å²) in [5.74, 6) is 0.844. The first-order chi connectivity index (χ1) is 10.1. The number of thiophene rings is 1. The van der Waals surface area contributed by atoms with E-state index in [9.17, 15) is 0 Å². The molecule has 0 N–H and O–H groups in total. The first-order valence-corrected chi connectivity index (χ1v) is 9.63. The van der Waals surface area contributed by atoms with Gasteiger partial charge in [-0.2, -0.15) is 0 Å². The van der Waals surface area contributed by atoms with E-state index in [-0.39, 0.29) is 4.83 Å². The van der Waals surface area contributed by atoms with Crippen LogP contribution in [0.1, 0.15) is 16.0 Å². The zero-order valence-corrected chi connectivity index (χ0v) is 16.6. The molecule has 1 heterocycles. The third-order valence-corrected chi connectivity index (χ3v) is 6.94. The number of hydrogen-bond donors (Lipinski definition) is 0. The molecule has 0 aliphatic rings. The van der Waals surface area contributed by atoms with Crippen molar-refractivity contribution in [1.29, 1.82) is 0 Å². The maximum absolute atomic E-state index is 5.29. The average Bonchev–Trinajstić information content (AvgIpc) is 2.92. The molecule has 5 heteroatoms. The lowest BCUT2D eigenvalue weighted by atomic mass is 10.0. The Labute approximate surface area is 152 Å². The van der Waals surface area contributed by atoms with Crippen LogP contribution in [0.4, 0.5) is 0 Å². The van der Waals surface area contributed by atoms with Gasteiger partial charge in [0.1, 0.15) is 5.75 Å². The van der Waals surface area contributed by atoms with E-state index in [4.69, 9.17) is 4.74 Å². The van der Waals surface area contributed by atoms with Crippen LogP contribution in [0.15, 0.2) is 50.7 Å². The SMILES string of the molecule is COc1ccc(C(Br)c2csc3c(Br)cccc23)cc1Br. The predicted octanol–water partition coefficient (Wildman–Crippen LogP) is 6.92. The molecule has 1 aromatic heterocycles. The van der Waals surface area contributed by atoms with Crippen LogP contribution in [-0.2, 0) is 0 Å². The fourth-order valence-corrected chi connectivity index (χ4v) is 5.30. The number of rotatable bonds is 3. The summed E-state index contributed by atoms with van der Waals surface area (Å²) in [6, 6.07) is 12.5. The molecule has 0 saturated heterocycles. The molecular formula is C16H11Br3OS. The smallest absolute Gasteiger partial charge is 0.133 e. The predicted molar refractivity (Wildman–Crippen MR) is 101 cm³/mol. The zero-order valence-electron chi connectivity index (χ0n) is 11.1. The quantitative estimate of drug-likeness (QED) is 0.362. The minimum absolute atomic E-state index is 0.155. The molecule has 3 rings (SSSR count). The molecule has 0 bridgehead atoms. The van der Waals surface area contributed by atoms with Crippen molar-refractivity contribution in [3.63, 3.8) is 0 Å². The molecule has 0 saturated carbocycles. The topological polar surface area (TPSA) is 9.23 Å². The third-order valence-electron chi connectivity index (χ3n) is 3.32. The molecule has 0 radical (unpaired) electrons. The van der Waals surface area contributed by atoms with Crippen molar-refractivity contribution >= 4 is 69.2 Å². The Hall–Kier alpha value is -0.360. The van der Waals surface area contributed by atoms with Gasteiger partial charge in [-0.3, -0.25) is 0 Å². The van der Waals surface area contributed by atoms with Crippen LogP contribution in [0, 0.1) is 0 Å². The van der Waals surface area contributed by atoms with E-state index < -0.39 is 0 Å². The van der Waals surface area contributed by atoms with E-state index in [2.05, 4.69) is 83.5 Å². The number of halogens is 3. The molecule has 2 aromatic carbocycles. The van der Waals surface area contributed by atoms with Crippen molar-refractivity contribution in [2.45, 2.75) is 4.83 Å². The lowest BCUT2D eigenvalue weighted by Gasteiger charge is -2.12. The largest absolute Gasteiger partial charge is 0.496 e. The molecule has 0 amide bonds. The number of fused-ring (bicyclic) bond motifs is 1. The highest BCUT2D eigenvalue weighted by Crippen LogP contribution is 2.42. The number of methoxy groups -OCH3 is 1. The van der Waals surface area contributed by atoms with Crippen molar-refractivity contribution in [2.75, 3.05) is 7.11 Å². The van der Waals surface area contributed by atoms with E-state index in [0.29, 0.717) is 0 Å². The van der Waals surface area contributed by atoms with E-state index in [1.54, 1.807) is 18.4 Å². The lowest BCUT2D eigenvalue weighted by molar-refractivity contribution is 0.412. The van der Waals surface area contributed by atoms with Crippen LogP contribution in [0.3, 0.4) is 0 Å². The van der Waals surface area contributed by atoms with Gasteiger partial charge in [0.25, 0.3) is 0 Å². The summed E-state index contributed by atoms with van der Waals surface area (Å²) in [6.45, 7) is 0. The summed E-state index contributed by atoms with van der Waals surface area (Å²) in [4.78, 5) is 0.155. The minimum Gasteiger partial charge on any atom is -0.496 e. The van der Waals surface area contributed by atoms with Gasteiger partial charge in [0.15, 0.2) is 0 Å². The molecule has 0 aliphatic heterocycles. The van der Waals surface area contributed by atoms with Gasteiger partial charge in [-0.25, -0.2) is 0 Å². The summed E-state index contributed by atoms with van der Waals surface area (Å²) < 4.78 is 8.68. The zero-order chi connectivity index (χ0) is 15.0. The minimum atomic E-state index is 0.155. The molecule has 1 unspecified atom stereocenters. The monoisotopic (exact) mass is 488 g/mol. The molecule has 1 atom stereocenters. The van der Waals surface area contributed by atoms with Crippen LogP contribution >= 0.6 is 59.1 Å². The Morgan fingerprint density at radius 2 is 1.90 bits per heavy atom.